The van der Waals surface area contributed by atoms with Gasteiger partial charge in [-0.15, -0.1) is 0 Å². The van der Waals surface area contributed by atoms with Gasteiger partial charge in [0.1, 0.15) is 5.52 Å². The number of hydrogen-bond acceptors (Lipinski definition) is 4. The van der Waals surface area contributed by atoms with E-state index >= 15 is 0 Å². The van der Waals surface area contributed by atoms with Gasteiger partial charge in [-0.05, 0) is 6.07 Å². The number of non-ortho nitro benzene ring substituents is 1. The van der Waals surface area contributed by atoms with Gasteiger partial charge in [0, 0.05) is 13.0 Å². The first-order chi connectivity index (χ1) is 6.18. The van der Waals surface area contributed by atoms with E-state index in [1.54, 1.807) is 19.1 Å². The summed E-state index contributed by atoms with van der Waals surface area (Å²) >= 11 is 0. The van der Waals surface area contributed by atoms with Crippen molar-refractivity contribution in [2.45, 2.75) is 6.92 Å². The standard InChI is InChI=1S/C8H6N2O3/c1-5-9-6-3-2-4-7(10(11)12)8(6)13-5/h2-4H,1H3. The van der Waals surface area contributed by atoms with Crippen molar-refractivity contribution >= 4 is 16.8 Å². The number of para-hydroxylation sites is 1. The maximum Gasteiger partial charge on any atom is 0.313 e. The van der Waals surface area contributed by atoms with E-state index in [-0.39, 0.29) is 11.3 Å². The van der Waals surface area contributed by atoms with Crippen LogP contribution < -0.4 is 0 Å². The highest BCUT2D eigenvalue weighted by Crippen LogP contribution is 2.25. The van der Waals surface area contributed by atoms with Crippen LogP contribution in [0.5, 0.6) is 0 Å². The van der Waals surface area contributed by atoms with Gasteiger partial charge in [-0.2, -0.15) is 0 Å². The van der Waals surface area contributed by atoms with E-state index in [2.05, 4.69) is 4.98 Å². The average molecular weight is 178 g/mol. The van der Waals surface area contributed by atoms with Gasteiger partial charge in [0.2, 0.25) is 5.58 Å². The van der Waals surface area contributed by atoms with Crippen molar-refractivity contribution in [3.05, 3.63) is 34.2 Å². The highest BCUT2D eigenvalue weighted by Gasteiger charge is 2.15. The Bertz CT molecular complexity index is 475. The van der Waals surface area contributed by atoms with Crippen LogP contribution in [-0.2, 0) is 0 Å². The van der Waals surface area contributed by atoms with E-state index in [9.17, 15) is 10.1 Å². The zero-order chi connectivity index (χ0) is 9.42. The Morgan fingerprint density at radius 3 is 3.00 bits per heavy atom. The summed E-state index contributed by atoms with van der Waals surface area (Å²) in [5, 5.41) is 10.5. The van der Waals surface area contributed by atoms with Crippen LogP contribution in [0.1, 0.15) is 5.89 Å². The number of nitrogens with zero attached hydrogens (tertiary/aromatic N) is 2. The summed E-state index contributed by atoms with van der Waals surface area (Å²) in [6.07, 6.45) is 0. The molecule has 0 saturated carbocycles. The van der Waals surface area contributed by atoms with Crippen LogP contribution in [0.2, 0.25) is 0 Å². The lowest BCUT2D eigenvalue weighted by atomic mass is 10.3. The summed E-state index contributed by atoms with van der Waals surface area (Å²) in [5.41, 5.74) is 0.717. The minimum atomic E-state index is -0.479. The maximum atomic E-state index is 10.5. The molecule has 1 aromatic carbocycles. The number of hydrogen-bond donors (Lipinski definition) is 0. The molecule has 0 aliphatic rings. The topological polar surface area (TPSA) is 69.2 Å². The zero-order valence-corrected chi connectivity index (χ0v) is 6.85. The van der Waals surface area contributed by atoms with Gasteiger partial charge in [-0.1, -0.05) is 6.07 Å². The monoisotopic (exact) mass is 178 g/mol. The SMILES string of the molecule is Cc1nc2cccc([N+](=O)[O-])c2o1. The predicted molar refractivity (Wildman–Crippen MR) is 45.4 cm³/mol. The number of benzene rings is 1. The Labute approximate surface area is 73.1 Å². The molecular weight excluding hydrogens is 172 g/mol. The van der Waals surface area contributed by atoms with Crippen LogP contribution in [0.25, 0.3) is 11.1 Å². The molecule has 13 heavy (non-hydrogen) atoms. The fourth-order valence-corrected chi connectivity index (χ4v) is 1.19. The number of fused-ring (bicyclic) bond motifs is 1. The molecule has 1 heterocycles. The summed E-state index contributed by atoms with van der Waals surface area (Å²) in [5.74, 6) is 0.435. The fraction of sp³-hybridized carbons (Fsp3) is 0.125. The summed E-state index contributed by atoms with van der Waals surface area (Å²) in [7, 11) is 0. The smallest absolute Gasteiger partial charge is 0.313 e. The van der Waals surface area contributed by atoms with Crippen molar-refractivity contribution in [1.29, 1.82) is 0 Å². The van der Waals surface area contributed by atoms with Crippen molar-refractivity contribution in [1.82, 2.24) is 4.98 Å². The number of rotatable bonds is 1. The van der Waals surface area contributed by atoms with Crippen LogP contribution >= 0.6 is 0 Å². The van der Waals surface area contributed by atoms with Gasteiger partial charge in [-0.3, -0.25) is 10.1 Å². The van der Waals surface area contributed by atoms with Crippen molar-refractivity contribution in [2.75, 3.05) is 0 Å². The van der Waals surface area contributed by atoms with E-state index in [1.807, 2.05) is 0 Å². The van der Waals surface area contributed by atoms with Crippen molar-refractivity contribution in [3.8, 4) is 0 Å². The molecule has 66 valence electrons. The number of nitro groups is 1. The lowest BCUT2D eigenvalue weighted by molar-refractivity contribution is -0.383. The van der Waals surface area contributed by atoms with Crippen LogP contribution in [0, 0.1) is 17.0 Å². The number of aromatic nitrogens is 1. The Hall–Kier alpha value is -1.91. The number of oxazole rings is 1. The second-order valence-corrected chi connectivity index (χ2v) is 2.62. The molecular formula is C8H6N2O3. The summed E-state index contributed by atoms with van der Waals surface area (Å²) in [6.45, 7) is 1.66. The molecule has 0 radical (unpaired) electrons. The molecule has 0 unspecified atom stereocenters. The average Bonchev–Trinajstić information content (AvgIpc) is 2.43. The molecule has 0 atom stereocenters. The third kappa shape index (κ3) is 1.14. The molecule has 5 nitrogen and oxygen atoms in total. The van der Waals surface area contributed by atoms with Crippen LogP contribution in [0.4, 0.5) is 5.69 Å². The molecule has 0 N–H and O–H groups in total. The molecule has 0 saturated heterocycles. The fourth-order valence-electron chi connectivity index (χ4n) is 1.19. The van der Waals surface area contributed by atoms with Gasteiger partial charge >= 0.3 is 5.69 Å². The lowest BCUT2D eigenvalue weighted by Crippen LogP contribution is -1.87. The van der Waals surface area contributed by atoms with E-state index < -0.39 is 4.92 Å². The van der Waals surface area contributed by atoms with Gasteiger partial charge in [-0.25, -0.2) is 4.98 Å². The summed E-state index contributed by atoms with van der Waals surface area (Å²) in [4.78, 5) is 14.0. The second-order valence-electron chi connectivity index (χ2n) is 2.62. The highest BCUT2D eigenvalue weighted by atomic mass is 16.6. The molecule has 5 heteroatoms. The molecule has 0 amide bonds. The predicted octanol–water partition coefficient (Wildman–Crippen LogP) is 2.04. The summed E-state index contributed by atoms with van der Waals surface area (Å²) in [6, 6.07) is 4.66. The third-order valence-electron chi connectivity index (χ3n) is 1.70. The van der Waals surface area contributed by atoms with Gasteiger partial charge < -0.3 is 4.42 Å². The van der Waals surface area contributed by atoms with Crippen molar-refractivity contribution in [2.24, 2.45) is 0 Å². The zero-order valence-electron chi connectivity index (χ0n) is 6.85. The number of nitro benzene ring substituents is 1. The normalized spacial score (nSPS) is 10.5. The molecule has 2 rings (SSSR count). The largest absolute Gasteiger partial charge is 0.434 e. The molecule has 0 aliphatic carbocycles. The Morgan fingerprint density at radius 1 is 1.54 bits per heavy atom. The third-order valence-corrected chi connectivity index (χ3v) is 1.70. The Kier molecular flexibility index (Phi) is 1.51. The van der Waals surface area contributed by atoms with Crippen LogP contribution in [0.15, 0.2) is 22.6 Å². The molecule has 0 fully saturated rings. The van der Waals surface area contributed by atoms with Crippen molar-refractivity contribution < 1.29 is 9.34 Å². The first-order valence-corrected chi connectivity index (χ1v) is 3.69. The van der Waals surface area contributed by atoms with E-state index in [0.29, 0.717) is 11.4 Å². The molecule has 1 aromatic heterocycles. The minimum absolute atomic E-state index is 0.0434. The van der Waals surface area contributed by atoms with E-state index in [0.717, 1.165) is 0 Å². The van der Waals surface area contributed by atoms with Gasteiger partial charge in [0.25, 0.3) is 0 Å². The molecule has 0 spiro atoms. The first kappa shape index (κ1) is 7.72. The van der Waals surface area contributed by atoms with Crippen LogP contribution in [-0.4, -0.2) is 9.91 Å². The molecule has 2 aromatic rings. The van der Waals surface area contributed by atoms with E-state index in [1.165, 1.54) is 6.07 Å². The Balaban J connectivity index is 2.82. The van der Waals surface area contributed by atoms with Crippen LogP contribution in [0.3, 0.4) is 0 Å². The Morgan fingerprint density at radius 2 is 2.31 bits per heavy atom. The van der Waals surface area contributed by atoms with Gasteiger partial charge in [0.15, 0.2) is 5.89 Å². The summed E-state index contributed by atoms with van der Waals surface area (Å²) < 4.78 is 5.11. The first-order valence-electron chi connectivity index (χ1n) is 3.69. The second kappa shape index (κ2) is 2.55. The van der Waals surface area contributed by atoms with Crippen molar-refractivity contribution in [3.63, 3.8) is 0 Å². The maximum absolute atomic E-state index is 10.5. The molecule has 0 bridgehead atoms. The minimum Gasteiger partial charge on any atom is -0.434 e. The molecule has 0 aliphatic heterocycles. The lowest BCUT2D eigenvalue weighted by Gasteiger charge is -1.89. The highest BCUT2D eigenvalue weighted by molar-refractivity contribution is 5.82. The van der Waals surface area contributed by atoms with E-state index in [4.69, 9.17) is 4.42 Å². The van der Waals surface area contributed by atoms with Gasteiger partial charge in [0.05, 0.1) is 4.92 Å². The number of aryl methyl sites for hydroxylation is 1. The quantitative estimate of drug-likeness (QED) is 0.495.